The molecule has 0 atom stereocenters. The molecule has 88 valence electrons. The molecule has 1 aromatic rings. The predicted molar refractivity (Wildman–Crippen MR) is 66.7 cm³/mol. The van der Waals surface area contributed by atoms with E-state index in [-0.39, 0.29) is 0 Å². The van der Waals surface area contributed by atoms with E-state index in [1.54, 1.807) is 0 Å². The molecule has 1 aliphatic carbocycles. The van der Waals surface area contributed by atoms with Crippen molar-refractivity contribution < 1.29 is 4.74 Å². The van der Waals surface area contributed by atoms with Crippen LogP contribution in [0, 0.1) is 0 Å². The van der Waals surface area contributed by atoms with Crippen molar-refractivity contribution in [3.8, 4) is 5.75 Å². The summed E-state index contributed by atoms with van der Waals surface area (Å²) in [6.07, 6.45) is 5.53. The van der Waals surface area contributed by atoms with Crippen LogP contribution in [0.4, 0.5) is 0 Å². The number of rotatable bonds is 5. The Morgan fingerprint density at radius 3 is 2.88 bits per heavy atom. The van der Waals surface area contributed by atoms with Gasteiger partial charge in [-0.25, -0.2) is 0 Å². The van der Waals surface area contributed by atoms with E-state index in [0.29, 0.717) is 6.10 Å². The Balaban J connectivity index is 1.92. The molecule has 0 spiro atoms. The number of ether oxygens (including phenoxy) is 1. The normalized spacial score (nSPS) is 16.6. The summed E-state index contributed by atoms with van der Waals surface area (Å²) in [5, 5.41) is 3.33. The largest absolute Gasteiger partial charge is 0.490 e. The van der Waals surface area contributed by atoms with Crippen molar-refractivity contribution >= 4 is 0 Å². The lowest BCUT2D eigenvalue weighted by Gasteiger charge is -2.13. The first-order valence-corrected chi connectivity index (χ1v) is 6.35. The molecule has 0 radical (unpaired) electrons. The first-order valence-electron chi connectivity index (χ1n) is 6.35. The molecule has 0 saturated heterocycles. The molecule has 0 bridgehead atoms. The summed E-state index contributed by atoms with van der Waals surface area (Å²) in [6.45, 7) is 4.06. The topological polar surface area (TPSA) is 21.3 Å². The zero-order valence-electron chi connectivity index (χ0n) is 10.0. The highest BCUT2D eigenvalue weighted by Crippen LogP contribution is 2.24. The summed E-state index contributed by atoms with van der Waals surface area (Å²) >= 11 is 0. The molecular weight excluding hydrogens is 198 g/mol. The summed E-state index contributed by atoms with van der Waals surface area (Å²) in [5.74, 6) is 1.03. The standard InChI is InChI=1S/C14H21NO/c1-2-15-11-12-6-5-9-14(10-12)16-13-7-3-4-8-13/h5-6,9-10,13,15H,2-4,7-8,11H2,1H3. The molecule has 1 fully saturated rings. The molecule has 0 aliphatic heterocycles. The van der Waals surface area contributed by atoms with Gasteiger partial charge in [-0.2, -0.15) is 0 Å². The van der Waals surface area contributed by atoms with Gasteiger partial charge >= 0.3 is 0 Å². The quantitative estimate of drug-likeness (QED) is 0.821. The van der Waals surface area contributed by atoms with E-state index in [1.165, 1.54) is 31.2 Å². The summed E-state index contributed by atoms with van der Waals surface area (Å²) in [6, 6.07) is 8.44. The Kier molecular flexibility index (Phi) is 4.23. The second-order valence-electron chi connectivity index (χ2n) is 4.45. The second kappa shape index (κ2) is 5.90. The Morgan fingerprint density at radius 1 is 1.31 bits per heavy atom. The van der Waals surface area contributed by atoms with Crippen LogP contribution in [0.25, 0.3) is 0 Å². The maximum absolute atomic E-state index is 5.97. The van der Waals surface area contributed by atoms with E-state index in [0.717, 1.165) is 18.8 Å². The van der Waals surface area contributed by atoms with E-state index in [9.17, 15) is 0 Å². The fourth-order valence-electron chi connectivity index (χ4n) is 2.20. The van der Waals surface area contributed by atoms with Gasteiger partial charge in [0.1, 0.15) is 5.75 Å². The summed E-state index contributed by atoms with van der Waals surface area (Å²) < 4.78 is 5.97. The summed E-state index contributed by atoms with van der Waals surface area (Å²) in [5.41, 5.74) is 1.30. The molecule has 2 nitrogen and oxygen atoms in total. The van der Waals surface area contributed by atoms with Gasteiger partial charge in [0.15, 0.2) is 0 Å². The minimum Gasteiger partial charge on any atom is -0.490 e. The third-order valence-electron chi connectivity index (χ3n) is 3.08. The van der Waals surface area contributed by atoms with Crippen LogP contribution in [-0.2, 0) is 6.54 Å². The number of hydrogen-bond donors (Lipinski definition) is 1. The third-order valence-corrected chi connectivity index (χ3v) is 3.08. The highest BCUT2D eigenvalue weighted by atomic mass is 16.5. The molecule has 0 unspecified atom stereocenters. The van der Waals surface area contributed by atoms with Gasteiger partial charge in [0.05, 0.1) is 6.10 Å². The van der Waals surface area contributed by atoms with E-state index in [2.05, 4.69) is 36.5 Å². The first kappa shape index (κ1) is 11.5. The molecule has 16 heavy (non-hydrogen) atoms. The fourth-order valence-corrected chi connectivity index (χ4v) is 2.20. The molecule has 0 amide bonds. The van der Waals surface area contributed by atoms with E-state index in [4.69, 9.17) is 4.74 Å². The van der Waals surface area contributed by atoms with Gasteiger partial charge in [-0.15, -0.1) is 0 Å². The van der Waals surface area contributed by atoms with Crippen molar-refractivity contribution in [2.45, 2.75) is 45.3 Å². The van der Waals surface area contributed by atoms with Gasteiger partial charge in [0.2, 0.25) is 0 Å². The Labute approximate surface area is 98.0 Å². The van der Waals surface area contributed by atoms with Gasteiger partial charge in [-0.3, -0.25) is 0 Å². The van der Waals surface area contributed by atoms with Crippen LogP contribution in [0.15, 0.2) is 24.3 Å². The Morgan fingerprint density at radius 2 is 2.12 bits per heavy atom. The Hall–Kier alpha value is -1.02. The zero-order valence-corrected chi connectivity index (χ0v) is 10.0. The van der Waals surface area contributed by atoms with Crippen molar-refractivity contribution in [3.63, 3.8) is 0 Å². The van der Waals surface area contributed by atoms with Crippen LogP contribution < -0.4 is 10.1 Å². The SMILES string of the molecule is CCNCc1cccc(OC2CCCC2)c1. The molecule has 1 saturated carbocycles. The monoisotopic (exact) mass is 219 g/mol. The molecule has 0 heterocycles. The summed E-state index contributed by atoms with van der Waals surface area (Å²) in [4.78, 5) is 0. The van der Waals surface area contributed by atoms with Crippen molar-refractivity contribution in [2.75, 3.05) is 6.54 Å². The highest BCUT2D eigenvalue weighted by Gasteiger charge is 2.16. The van der Waals surface area contributed by atoms with Gasteiger partial charge in [-0.1, -0.05) is 19.1 Å². The van der Waals surface area contributed by atoms with Crippen molar-refractivity contribution in [2.24, 2.45) is 0 Å². The molecule has 1 N–H and O–H groups in total. The smallest absolute Gasteiger partial charge is 0.120 e. The minimum absolute atomic E-state index is 0.453. The van der Waals surface area contributed by atoms with Crippen LogP contribution >= 0.6 is 0 Å². The number of benzene rings is 1. The van der Waals surface area contributed by atoms with Gasteiger partial charge in [0, 0.05) is 6.54 Å². The molecule has 2 heteroatoms. The molecule has 2 rings (SSSR count). The van der Waals surface area contributed by atoms with Crippen molar-refractivity contribution in [1.82, 2.24) is 5.32 Å². The van der Waals surface area contributed by atoms with Crippen LogP contribution in [0.2, 0.25) is 0 Å². The maximum Gasteiger partial charge on any atom is 0.120 e. The van der Waals surface area contributed by atoms with Gasteiger partial charge in [-0.05, 0) is 49.9 Å². The average Bonchev–Trinajstić information content (AvgIpc) is 2.80. The Bertz CT molecular complexity index is 318. The molecular formula is C14H21NO. The van der Waals surface area contributed by atoms with Gasteiger partial charge in [0.25, 0.3) is 0 Å². The molecule has 1 aliphatic rings. The number of hydrogen-bond acceptors (Lipinski definition) is 2. The van der Waals surface area contributed by atoms with Crippen LogP contribution in [0.3, 0.4) is 0 Å². The van der Waals surface area contributed by atoms with Crippen LogP contribution in [-0.4, -0.2) is 12.6 Å². The van der Waals surface area contributed by atoms with Crippen molar-refractivity contribution in [3.05, 3.63) is 29.8 Å². The number of nitrogens with one attached hydrogen (secondary N) is 1. The predicted octanol–water partition coefficient (Wildman–Crippen LogP) is 3.12. The lowest BCUT2D eigenvalue weighted by atomic mass is 10.2. The molecule has 0 aromatic heterocycles. The van der Waals surface area contributed by atoms with Crippen LogP contribution in [0.1, 0.15) is 38.2 Å². The first-order chi connectivity index (χ1) is 7.88. The average molecular weight is 219 g/mol. The third kappa shape index (κ3) is 3.24. The second-order valence-corrected chi connectivity index (χ2v) is 4.45. The minimum atomic E-state index is 0.453. The van der Waals surface area contributed by atoms with E-state index >= 15 is 0 Å². The lowest BCUT2D eigenvalue weighted by molar-refractivity contribution is 0.210. The van der Waals surface area contributed by atoms with Gasteiger partial charge < -0.3 is 10.1 Å². The van der Waals surface area contributed by atoms with Crippen molar-refractivity contribution in [1.29, 1.82) is 0 Å². The molecule has 1 aromatic carbocycles. The van der Waals surface area contributed by atoms with E-state index in [1.807, 2.05) is 0 Å². The zero-order chi connectivity index (χ0) is 11.2. The highest BCUT2D eigenvalue weighted by molar-refractivity contribution is 5.28. The maximum atomic E-state index is 5.97. The summed E-state index contributed by atoms with van der Waals surface area (Å²) in [7, 11) is 0. The van der Waals surface area contributed by atoms with Crippen LogP contribution in [0.5, 0.6) is 5.75 Å². The fraction of sp³-hybridized carbons (Fsp3) is 0.571. The lowest BCUT2D eigenvalue weighted by Crippen LogP contribution is -2.13. The van der Waals surface area contributed by atoms with E-state index < -0.39 is 0 Å².